The second-order valence-electron chi connectivity index (χ2n) is 7.28. The van der Waals surface area contributed by atoms with Gasteiger partial charge in [-0.15, -0.1) is 0 Å². The molecular formula is C25H24N2O6. The number of carbonyl (C=O) groups excluding carboxylic acids is 2. The number of allylic oxidation sites excluding steroid dienone is 2. The fourth-order valence-electron chi connectivity index (χ4n) is 3.57. The number of hydrogen-bond donors (Lipinski definition) is 1. The van der Waals surface area contributed by atoms with E-state index in [9.17, 15) is 14.9 Å². The Hall–Kier alpha value is -4.25. The van der Waals surface area contributed by atoms with E-state index in [1.54, 1.807) is 50.2 Å². The van der Waals surface area contributed by atoms with E-state index in [-0.39, 0.29) is 40.9 Å². The topological polar surface area (TPSA) is 121 Å². The van der Waals surface area contributed by atoms with Gasteiger partial charge in [-0.2, -0.15) is 5.26 Å². The number of esters is 2. The number of nitrogens with two attached hydrogens (primary N) is 1. The van der Waals surface area contributed by atoms with E-state index in [4.69, 9.17) is 24.7 Å². The number of ether oxygens (including phenoxy) is 4. The number of methoxy groups -OCH3 is 1. The minimum absolute atomic E-state index is 0.0650. The van der Waals surface area contributed by atoms with E-state index in [0.717, 1.165) is 5.56 Å². The predicted molar refractivity (Wildman–Crippen MR) is 119 cm³/mol. The van der Waals surface area contributed by atoms with Crippen molar-refractivity contribution in [3.05, 3.63) is 81.9 Å². The van der Waals surface area contributed by atoms with Gasteiger partial charge in [-0.1, -0.05) is 23.8 Å². The minimum Gasteiger partial charge on any atom is -0.493 e. The molecule has 170 valence electrons. The fourth-order valence-corrected chi connectivity index (χ4v) is 3.57. The van der Waals surface area contributed by atoms with Crippen molar-refractivity contribution in [3.63, 3.8) is 0 Å². The predicted octanol–water partition coefficient (Wildman–Crippen LogP) is 3.87. The van der Waals surface area contributed by atoms with Crippen LogP contribution in [0.3, 0.4) is 0 Å². The first kappa shape index (κ1) is 23.4. The van der Waals surface area contributed by atoms with Gasteiger partial charge in [0.1, 0.15) is 17.4 Å². The lowest BCUT2D eigenvalue weighted by molar-refractivity contribution is -0.139. The molecule has 0 saturated carbocycles. The summed E-state index contributed by atoms with van der Waals surface area (Å²) in [7, 11) is 1.43. The van der Waals surface area contributed by atoms with Crippen LogP contribution >= 0.6 is 0 Å². The summed E-state index contributed by atoms with van der Waals surface area (Å²) in [6.07, 6.45) is 0. The Bertz CT molecular complexity index is 1210. The number of rotatable bonds is 6. The average Bonchev–Trinajstić information content (AvgIpc) is 2.79. The molecule has 1 aliphatic heterocycles. The van der Waals surface area contributed by atoms with E-state index in [0.29, 0.717) is 11.1 Å². The Morgan fingerprint density at radius 1 is 1.12 bits per heavy atom. The Kier molecular flexibility index (Phi) is 7.04. The normalized spacial score (nSPS) is 15.4. The second kappa shape index (κ2) is 9.92. The number of nitriles is 1. The van der Waals surface area contributed by atoms with E-state index < -0.39 is 17.9 Å². The maximum atomic E-state index is 12.7. The van der Waals surface area contributed by atoms with Crippen LogP contribution < -0.4 is 15.2 Å². The zero-order chi connectivity index (χ0) is 24.1. The first-order valence-corrected chi connectivity index (χ1v) is 10.2. The van der Waals surface area contributed by atoms with Crippen molar-refractivity contribution in [1.82, 2.24) is 0 Å². The molecule has 1 unspecified atom stereocenters. The average molecular weight is 448 g/mol. The van der Waals surface area contributed by atoms with E-state index in [1.807, 2.05) is 19.1 Å². The Morgan fingerprint density at radius 3 is 2.52 bits per heavy atom. The van der Waals surface area contributed by atoms with E-state index in [2.05, 4.69) is 0 Å². The molecule has 1 atom stereocenters. The third kappa shape index (κ3) is 4.83. The lowest BCUT2D eigenvalue weighted by Crippen LogP contribution is -2.25. The molecule has 0 aliphatic carbocycles. The van der Waals surface area contributed by atoms with Gasteiger partial charge in [0.2, 0.25) is 5.88 Å². The Morgan fingerprint density at radius 2 is 1.88 bits per heavy atom. The van der Waals surface area contributed by atoms with E-state index >= 15 is 0 Å². The minimum atomic E-state index is -0.835. The van der Waals surface area contributed by atoms with Gasteiger partial charge < -0.3 is 24.7 Å². The number of carbonyl (C=O) groups is 2. The molecule has 0 amide bonds. The summed E-state index contributed by atoms with van der Waals surface area (Å²) in [6, 6.07) is 13.8. The first-order valence-electron chi connectivity index (χ1n) is 10.2. The summed E-state index contributed by atoms with van der Waals surface area (Å²) in [6.45, 7) is 5.29. The van der Waals surface area contributed by atoms with Crippen molar-refractivity contribution in [3.8, 4) is 17.6 Å². The van der Waals surface area contributed by atoms with Gasteiger partial charge in [0.15, 0.2) is 11.5 Å². The molecule has 3 rings (SSSR count). The van der Waals surface area contributed by atoms with Crippen LogP contribution in [-0.4, -0.2) is 25.7 Å². The van der Waals surface area contributed by atoms with Crippen LogP contribution in [0.15, 0.2) is 65.3 Å². The molecule has 0 spiro atoms. The van der Waals surface area contributed by atoms with Crippen molar-refractivity contribution < 1.29 is 28.5 Å². The van der Waals surface area contributed by atoms with Crippen molar-refractivity contribution in [2.75, 3.05) is 13.7 Å². The fraction of sp³-hybridized carbons (Fsp3) is 0.240. The molecule has 0 radical (unpaired) electrons. The van der Waals surface area contributed by atoms with Crippen LogP contribution in [0.2, 0.25) is 0 Å². The second-order valence-corrected chi connectivity index (χ2v) is 7.28. The third-order valence-electron chi connectivity index (χ3n) is 5.08. The molecule has 0 fully saturated rings. The summed E-state index contributed by atoms with van der Waals surface area (Å²) < 4.78 is 21.6. The Labute approximate surface area is 191 Å². The van der Waals surface area contributed by atoms with Crippen LogP contribution in [0.1, 0.15) is 41.3 Å². The molecule has 1 heterocycles. The van der Waals surface area contributed by atoms with Crippen LogP contribution in [0.5, 0.6) is 11.5 Å². The quantitative estimate of drug-likeness (QED) is 0.522. The number of hydrogen-bond acceptors (Lipinski definition) is 8. The van der Waals surface area contributed by atoms with Gasteiger partial charge >= 0.3 is 11.9 Å². The van der Waals surface area contributed by atoms with Gasteiger partial charge in [-0.05, 0) is 50.6 Å². The zero-order valence-corrected chi connectivity index (χ0v) is 18.8. The molecule has 8 heteroatoms. The summed E-state index contributed by atoms with van der Waals surface area (Å²) in [5.74, 6) is -1.41. The molecule has 0 saturated heterocycles. The highest BCUT2D eigenvalue weighted by molar-refractivity contribution is 5.93. The van der Waals surface area contributed by atoms with Gasteiger partial charge in [0.25, 0.3) is 0 Å². The highest BCUT2D eigenvalue weighted by Crippen LogP contribution is 2.42. The number of nitrogens with zero attached hydrogens (tertiary/aromatic N) is 1. The lowest BCUT2D eigenvalue weighted by Gasteiger charge is -2.27. The number of benzene rings is 2. The SMILES string of the molecule is CCOC(=O)C1=C(C)OC(N)=C(C#N)C1c1ccc(OC(=O)c2cccc(C)c2)c(OC)c1. The zero-order valence-electron chi connectivity index (χ0n) is 18.8. The summed E-state index contributed by atoms with van der Waals surface area (Å²) >= 11 is 0. The molecular weight excluding hydrogens is 424 g/mol. The summed E-state index contributed by atoms with van der Waals surface area (Å²) in [5, 5.41) is 9.71. The highest BCUT2D eigenvalue weighted by atomic mass is 16.6. The molecule has 0 aromatic heterocycles. The van der Waals surface area contributed by atoms with Gasteiger partial charge in [0.05, 0.1) is 30.8 Å². The molecule has 8 nitrogen and oxygen atoms in total. The number of aryl methyl sites for hydroxylation is 1. The molecule has 2 N–H and O–H groups in total. The highest BCUT2D eigenvalue weighted by Gasteiger charge is 2.36. The van der Waals surface area contributed by atoms with Crippen molar-refractivity contribution in [2.24, 2.45) is 5.73 Å². The first-order chi connectivity index (χ1) is 15.8. The van der Waals surface area contributed by atoms with Gasteiger partial charge in [-0.25, -0.2) is 9.59 Å². The molecule has 1 aliphatic rings. The maximum absolute atomic E-state index is 12.7. The van der Waals surface area contributed by atoms with Crippen molar-refractivity contribution >= 4 is 11.9 Å². The van der Waals surface area contributed by atoms with Crippen LogP contribution in [-0.2, 0) is 14.3 Å². The monoisotopic (exact) mass is 448 g/mol. The Balaban J connectivity index is 2.02. The van der Waals surface area contributed by atoms with Crippen LogP contribution in [0.25, 0.3) is 0 Å². The molecule has 2 aromatic rings. The summed E-state index contributed by atoms with van der Waals surface area (Å²) in [4.78, 5) is 25.3. The van der Waals surface area contributed by atoms with E-state index in [1.165, 1.54) is 7.11 Å². The summed E-state index contributed by atoms with van der Waals surface area (Å²) in [5.41, 5.74) is 8.01. The molecule has 2 aromatic carbocycles. The smallest absolute Gasteiger partial charge is 0.343 e. The van der Waals surface area contributed by atoms with Crippen LogP contribution in [0.4, 0.5) is 0 Å². The maximum Gasteiger partial charge on any atom is 0.343 e. The van der Waals surface area contributed by atoms with Crippen molar-refractivity contribution in [2.45, 2.75) is 26.7 Å². The van der Waals surface area contributed by atoms with Gasteiger partial charge in [-0.3, -0.25) is 0 Å². The van der Waals surface area contributed by atoms with Gasteiger partial charge in [0, 0.05) is 0 Å². The molecule has 0 bridgehead atoms. The molecule has 33 heavy (non-hydrogen) atoms. The lowest BCUT2D eigenvalue weighted by atomic mass is 9.83. The standard InChI is InChI=1S/C25H24N2O6/c1-5-31-25(29)21-15(3)32-23(27)18(13-26)22(21)16-9-10-19(20(12-16)30-4)33-24(28)17-8-6-7-14(2)11-17/h6-12,22H,5,27H2,1-4H3. The van der Waals surface area contributed by atoms with Crippen LogP contribution in [0, 0.1) is 18.3 Å². The van der Waals surface area contributed by atoms with Crippen molar-refractivity contribution in [1.29, 1.82) is 5.26 Å². The third-order valence-corrected chi connectivity index (χ3v) is 5.08. The largest absolute Gasteiger partial charge is 0.493 e.